The Bertz CT molecular complexity index is 1160. The number of ketones is 2. The summed E-state index contributed by atoms with van der Waals surface area (Å²) in [5.74, 6) is -0.604. The fourth-order valence-electron chi connectivity index (χ4n) is 4.09. The summed E-state index contributed by atoms with van der Waals surface area (Å²) >= 11 is 0. The Hall–Kier alpha value is -3.96. The van der Waals surface area contributed by atoms with Gasteiger partial charge in [-0.2, -0.15) is 0 Å². The topological polar surface area (TPSA) is 203 Å². The van der Waals surface area contributed by atoms with Crippen LogP contribution in [0.2, 0.25) is 0 Å². The van der Waals surface area contributed by atoms with Crippen LogP contribution >= 0.6 is 0 Å². The van der Waals surface area contributed by atoms with Gasteiger partial charge in [0.2, 0.25) is 11.8 Å². The maximum Gasteiger partial charge on any atom is 0.278 e. The number of ether oxygens (including phenoxy) is 6. The van der Waals surface area contributed by atoms with E-state index in [2.05, 4.69) is 16.0 Å². The summed E-state index contributed by atoms with van der Waals surface area (Å²) in [5.41, 5.74) is 0.0995. The number of nitrogens with zero attached hydrogens (tertiary/aromatic N) is 1. The van der Waals surface area contributed by atoms with E-state index >= 15 is 0 Å². The minimum absolute atomic E-state index is 0.0676. The molecule has 16 heteroatoms. The van der Waals surface area contributed by atoms with Crippen LogP contribution in [0.4, 0.5) is 5.69 Å². The van der Waals surface area contributed by atoms with Crippen LogP contribution in [0.15, 0.2) is 24.3 Å². The number of hydrogen-bond acceptors (Lipinski definition) is 13. The number of carbonyl (C=O) groups excluding carboxylic acids is 4. The van der Waals surface area contributed by atoms with Gasteiger partial charge in [0.25, 0.3) is 5.69 Å². The molecule has 3 N–H and O–H groups in total. The van der Waals surface area contributed by atoms with Gasteiger partial charge in [-0.1, -0.05) is 0 Å². The summed E-state index contributed by atoms with van der Waals surface area (Å²) in [4.78, 5) is 58.0. The van der Waals surface area contributed by atoms with Crippen LogP contribution in [-0.2, 0) is 38.1 Å². The average molecular weight is 639 g/mol. The largest absolute Gasteiger partial charge is 0.493 e. The van der Waals surface area contributed by atoms with Crippen molar-refractivity contribution in [1.82, 2.24) is 16.0 Å². The predicted octanol–water partition coefficient (Wildman–Crippen LogP) is 0.418. The molecule has 0 aliphatic heterocycles. The Balaban J connectivity index is 1.41. The number of methoxy groups -OCH3 is 2. The lowest BCUT2D eigenvalue weighted by atomic mass is 10.0. The highest BCUT2D eigenvalue weighted by molar-refractivity contribution is 6.22. The molecule has 1 unspecified atom stereocenters. The first-order chi connectivity index (χ1) is 21.7. The lowest BCUT2D eigenvalue weighted by Crippen LogP contribution is -2.41. The van der Waals surface area contributed by atoms with E-state index in [1.165, 1.54) is 38.5 Å². The smallest absolute Gasteiger partial charge is 0.278 e. The Kier molecular flexibility index (Phi) is 17.3. The second-order valence-electron chi connectivity index (χ2n) is 9.64. The molecule has 0 spiro atoms. The minimum Gasteiger partial charge on any atom is -0.493 e. The van der Waals surface area contributed by atoms with Gasteiger partial charge in [0.1, 0.15) is 6.04 Å². The van der Waals surface area contributed by atoms with Crippen molar-refractivity contribution in [3.05, 3.63) is 40.0 Å². The fourth-order valence-corrected chi connectivity index (χ4v) is 4.09. The Labute approximate surface area is 261 Å². The summed E-state index contributed by atoms with van der Waals surface area (Å²) in [6.07, 6.45) is 2.66. The lowest BCUT2D eigenvalue weighted by Gasteiger charge is -2.17. The van der Waals surface area contributed by atoms with Crippen molar-refractivity contribution in [2.24, 2.45) is 0 Å². The first-order valence-corrected chi connectivity index (χ1v) is 14.4. The lowest BCUT2D eigenvalue weighted by molar-refractivity contribution is -0.385. The zero-order valence-corrected chi connectivity index (χ0v) is 25.8. The number of nitro benzene ring substituents is 1. The first-order valence-electron chi connectivity index (χ1n) is 14.4. The molecule has 1 aliphatic rings. The van der Waals surface area contributed by atoms with Crippen LogP contribution in [0.3, 0.4) is 0 Å². The van der Waals surface area contributed by atoms with Crippen LogP contribution in [0, 0.1) is 10.1 Å². The number of rotatable bonds is 24. The van der Waals surface area contributed by atoms with Crippen molar-refractivity contribution in [2.45, 2.75) is 31.8 Å². The number of benzene rings is 1. The van der Waals surface area contributed by atoms with Crippen molar-refractivity contribution < 1.29 is 52.5 Å². The van der Waals surface area contributed by atoms with E-state index in [4.69, 9.17) is 28.4 Å². The highest BCUT2D eigenvalue weighted by Gasteiger charge is 2.27. The van der Waals surface area contributed by atoms with E-state index in [0.29, 0.717) is 51.9 Å². The Morgan fingerprint density at radius 2 is 1.33 bits per heavy atom. The molecule has 0 saturated carbocycles. The molecule has 0 bridgehead atoms. The highest BCUT2D eigenvalue weighted by Crippen LogP contribution is 2.37. The maximum atomic E-state index is 12.3. The van der Waals surface area contributed by atoms with Gasteiger partial charge in [0.05, 0.1) is 89.7 Å². The molecular weight excluding hydrogens is 596 g/mol. The standard InChI is InChI=1S/C29H42N4O12/c1-20(21-18-25(40-2)26(41-3)19-22(21)33(38)39)32-28(37)7-10-42-12-14-44-16-17-45-15-13-43-11-9-30-27(36)6-8-31-29-23(34)4-5-24(29)35/h4-5,18-20,29,31H,6-17H2,1-3H3,(H,30,36)(H,32,37). The molecule has 2 rings (SSSR count). The van der Waals surface area contributed by atoms with Crippen molar-refractivity contribution in [3.63, 3.8) is 0 Å². The molecule has 1 aromatic rings. The molecule has 0 saturated heterocycles. The number of nitrogens with one attached hydrogen (secondary N) is 3. The molecule has 250 valence electrons. The predicted molar refractivity (Wildman–Crippen MR) is 159 cm³/mol. The number of hydrogen-bond donors (Lipinski definition) is 3. The van der Waals surface area contributed by atoms with Gasteiger partial charge in [-0.25, -0.2) is 0 Å². The number of carbonyl (C=O) groups is 4. The van der Waals surface area contributed by atoms with Gasteiger partial charge in [0, 0.05) is 25.9 Å². The third kappa shape index (κ3) is 13.7. The third-order valence-electron chi connectivity index (χ3n) is 6.41. The maximum absolute atomic E-state index is 12.3. The summed E-state index contributed by atoms with van der Waals surface area (Å²) in [6, 6.07) is 1.22. The van der Waals surface area contributed by atoms with Crippen LogP contribution in [0.25, 0.3) is 0 Å². The molecule has 45 heavy (non-hydrogen) atoms. The minimum atomic E-state index is -0.880. The fraction of sp³-hybridized carbons (Fsp3) is 0.586. The summed E-state index contributed by atoms with van der Waals surface area (Å²) in [5, 5.41) is 19.7. The van der Waals surface area contributed by atoms with Crippen molar-refractivity contribution in [1.29, 1.82) is 0 Å². The monoisotopic (exact) mass is 638 g/mol. The van der Waals surface area contributed by atoms with Crippen molar-refractivity contribution in [2.75, 3.05) is 80.2 Å². The third-order valence-corrected chi connectivity index (χ3v) is 6.41. The van der Waals surface area contributed by atoms with Crippen LogP contribution in [0.5, 0.6) is 11.5 Å². The summed E-state index contributed by atoms with van der Waals surface area (Å²) in [6.45, 7) is 4.66. The van der Waals surface area contributed by atoms with E-state index in [9.17, 15) is 29.3 Å². The second-order valence-corrected chi connectivity index (χ2v) is 9.64. The molecule has 2 amide bonds. The molecular formula is C29H42N4O12. The van der Waals surface area contributed by atoms with Gasteiger partial charge in [-0.05, 0) is 25.1 Å². The van der Waals surface area contributed by atoms with Crippen LogP contribution < -0.4 is 25.4 Å². The van der Waals surface area contributed by atoms with Gasteiger partial charge >= 0.3 is 0 Å². The average Bonchev–Trinajstić information content (AvgIpc) is 3.34. The zero-order valence-electron chi connectivity index (χ0n) is 25.8. The Morgan fingerprint density at radius 3 is 1.89 bits per heavy atom. The molecule has 1 atom stereocenters. The van der Waals surface area contributed by atoms with E-state index in [-0.39, 0.29) is 73.0 Å². The Morgan fingerprint density at radius 1 is 0.800 bits per heavy atom. The van der Waals surface area contributed by atoms with E-state index < -0.39 is 17.0 Å². The summed E-state index contributed by atoms with van der Waals surface area (Å²) < 4.78 is 32.0. The van der Waals surface area contributed by atoms with Gasteiger partial charge in [-0.15, -0.1) is 0 Å². The van der Waals surface area contributed by atoms with E-state index in [1.807, 2.05) is 0 Å². The number of nitro groups is 1. The molecule has 1 aromatic carbocycles. The van der Waals surface area contributed by atoms with Gasteiger partial charge < -0.3 is 44.4 Å². The van der Waals surface area contributed by atoms with Crippen LogP contribution in [0.1, 0.15) is 31.4 Å². The molecule has 16 nitrogen and oxygen atoms in total. The highest BCUT2D eigenvalue weighted by atomic mass is 16.6. The number of amides is 2. The molecule has 0 fully saturated rings. The first kappa shape index (κ1) is 37.2. The van der Waals surface area contributed by atoms with E-state index in [1.54, 1.807) is 6.92 Å². The normalized spacial score (nSPS) is 13.6. The summed E-state index contributed by atoms with van der Waals surface area (Å²) in [7, 11) is 2.81. The van der Waals surface area contributed by atoms with Gasteiger partial charge in [0.15, 0.2) is 23.1 Å². The zero-order chi connectivity index (χ0) is 33.0. The van der Waals surface area contributed by atoms with Crippen molar-refractivity contribution in [3.8, 4) is 11.5 Å². The van der Waals surface area contributed by atoms with Gasteiger partial charge in [-0.3, -0.25) is 29.3 Å². The SMILES string of the molecule is COc1cc(C(C)NC(=O)CCOCCOCCOCCOCCNC(=O)CCNC2C(=O)C=CC2=O)c([N+](=O)[O-])cc1OC. The quantitative estimate of drug-likeness (QED) is 0.0609. The molecule has 0 heterocycles. The molecule has 0 aromatic heterocycles. The molecule has 1 aliphatic carbocycles. The molecule has 0 radical (unpaired) electrons. The second kappa shape index (κ2) is 20.9. The van der Waals surface area contributed by atoms with E-state index in [0.717, 1.165) is 0 Å². The van der Waals surface area contributed by atoms with Crippen LogP contribution in [-0.4, -0.2) is 115 Å². The van der Waals surface area contributed by atoms with Crippen molar-refractivity contribution >= 4 is 29.1 Å².